The lowest BCUT2D eigenvalue weighted by Crippen LogP contribution is -2.45. The van der Waals surface area contributed by atoms with E-state index in [0.717, 1.165) is 25.7 Å². The number of hydrogen-bond acceptors (Lipinski definition) is 3. The van der Waals surface area contributed by atoms with Crippen LogP contribution in [0.15, 0.2) is 23.1 Å². The number of likely N-dealkylation sites (tertiary alicyclic amines) is 1. The van der Waals surface area contributed by atoms with E-state index in [1.807, 2.05) is 6.92 Å². The highest BCUT2D eigenvalue weighted by Crippen LogP contribution is 2.31. The zero-order chi connectivity index (χ0) is 12.6. The number of likely N-dealkylation sites (N-methyl/N-ethyl adjacent to an activating group) is 1. The standard InChI is InChI=1S/C11H15FN2O2S/c1-2-14-6-8(7-14)10-5-9(12)3-4-11(10)17(13,15)16/h3-5,8H,2,6-7H2,1H3,(H2,13,15,16). The van der Waals surface area contributed by atoms with Crippen LogP contribution in [0, 0.1) is 5.82 Å². The minimum atomic E-state index is -3.78. The largest absolute Gasteiger partial charge is 0.302 e. The Hall–Kier alpha value is -0.980. The van der Waals surface area contributed by atoms with Gasteiger partial charge in [-0.15, -0.1) is 0 Å². The van der Waals surface area contributed by atoms with Crippen molar-refractivity contribution < 1.29 is 12.8 Å². The Balaban J connectivity index is 2.36. The van der Waals surface area contributed by atoms with E-state index in [9.17, 15) is 12.8 Å². The van der Waals surface area contributed by atoms with Gasteiger partial charge in [-0.1, -0.05) is 6.92 Å². The van der Waals surface area contributed by atoms with Crippen LogP contribution in [-0.2, 0) is 10.0 Å². The summed E-state index contributed by atoms with van der Waals surface area (Å²) in [6.07, 6.45) is 0. The van der Waals surface area contributed by atoms with E-state index >= 15 is 0 Å². The molecule has 1 fully saturated rings. The lowest BCUT2D eigenvalue weighted by molar-refractivity contribution is 0.155. The van der Waals surface area contributed by atoms with Crippen LogP contribution in [-0.4, -0.2) is 33.0 Å². The lowest BCUT2D eigenvalue weighted by Gasteiger charge is -2.39. The molecule has 94 valence electrons. The number of halogens is 1. The van der Waals surface area contributed by atoms with Crippen LogP contribution in [0.4, 0.5) is 4.39 Å². The molecule has 2 N–H and O–H groups in total. The fourth-order valence-corrected chi connectivity index (χ4v) is 2.93. The number of primary sulfonamides is 1. The number of nitrogens with zero attached hydrogens (tertiary/aromatic N) is 1. The molecule has 0 atom stereocenters. The van der Waals surface area contributed by atoms with Crippen LogP contribution < -0.4 is 5.14 Å². The second-order valence-corrected chi connectivity index (χ2v) is 5.81. The molecule has 0 unspecified atom stereocenters. The summed E-state index contributed by atoms with van der Waals surface area (Å²) in [5, 5.41) is 5.13. The van der Waals surface area contributed by atoms with E-state index in [2.05, 4.69) is 4.90 Å². The third kappa shape index (κ3) is 2.48. The molecule has 6 heteroatoms. The van der Waals surface area contributed by atoms with Crippen molar-refractivity contribution in [2.24, 2.45) is 5.14 Å². The summed E-state index contributed by atoms with van der Waals surface area (Å²) >= 11 is 0. The maximum atomic E-state index is 13.2. The van der Waals surface area contributed by atoms with Gasteiger partial charge in [-0.25, -0.2) is 17.9 Å². The molecule has 0 radical (unpaired) electrons. The van der Waals surface area contributed by atoms with Crippen LogP contribution >= 0.6 is 0 Å². The topological polar surface area (TPSA) is 63.4 Å². The molecule has 0 bridgehead atoms. The lowest BCUT2D eigenvalue weighted by atomic mass is 9.91. The molecule has 1 aliphatic heterocycles. The van der Waals surface area contributed by atoms with Gasteiger partial charge in [0.2, 0.25) is 10.0 Å². The minimum absolute atomic E-state index is 0.0413. The van der Waals surface area contributed by atoms with Gasteiger partial charge in [0.05, 0.1) is 4.90 Å². The van der Waals surface area contributed by atoms with Gasteiger partial charge >= 0.3 is 0 Å². The molecule has 1 aliphatic rings. The molecule has 1 aromatic rings. The fourth-order valence-electron chi connectivity index (χ4n) is 2.12. The molecule has 17 heavy (non-hydrogen) atoms. The van der Waals surface area contributed by atoms with Crippen molar-refractivity contribution in [2.75, 3.05) is 19.6 Å². The average Bonchev–Trinajstić information content (AvgIpc) is 2.14. The quantitative estimate of drug-likeness (QED) is 0.876. The zero-order valence-electron chi connectivity index (χ0n) is 9.56. The van der Waals surface area contributed by atoms with E-state index in [1.165, 1.54) is 12.1 Å². The first-order valence-corrected chi connectivity index (χ1v) is 7.01. The van der Waals surface area contributed by atoms with Gasteiger partial charge in [0.15, 0.2) is 0 Å². The normalized spacial score (nSPS) is 18.1. The highest BCUT2D eigenvalue weighted by atomic mass is 32.2. The van der Waals surface area contributed by atoms with Crippen molar-refractivity contribution >= 4 is 10.0 Å². The Morgan fingerprint density at radius 3 is 2.65 bits per heavy atom. The van der Waals surface area contributed by atoms with E-state index < -0.39 is 15.8 Å². The van der Waals surface area contributed by atoms with Gasteiger partial charge in [-0.3, -0.25) is 0 Å². The van der Waals surface area contributed by atoms with Gasteiger partial charge in [0, 0.05) is 19.0 Å². The van der Waals surface area contributed by atoms with Crippen molar-refractivity contribution in [2.45, 2.75) is 17.7 Å². The Morgan fingerprint density at radius 1 is 1.47 bits per heavy atom. The number of nitrogens with two attached hydrogens (primary N) is 1. The molecule has 1 heterocycles. The van der Waals surface area contributed by atoms with E-state index in [4.69, 9.17) is 5.14 Å². The maximum Gasteiger partial charge on any atom is 0.238 e. The van der Waals surface area contributed by atoms with Crippen LogP contribution in [0.2, 0.25) is 0 Å². The Labute approximate surface area is 100 Å². The summed E-state index contributed by atoms with van der Waals surface area (Å²) in [6, 6.07) is 3.64. The van der Waals surface area contributed by atoms with Crippen molar-refractivity contribution in [1.82, 2.24) is 4.90 Å². The Kier molecular flexibility index (Phi) is 3.20. The monoisotopic (exact) mass is 258 g/mol. The van der Waals surface area contributed by atoms with Crippen molar-refractivity contribution in [3.63, 3.8) is 0 Å². The first kappa shape index (κ1) is 12.5. The maximum absolute atomic E-state index is 13.2. The highest BCUT2D eigenvalue weighted by Gasteiger charge is 2.30. The van der Waals surface area contributed by atoms with Crippen LogP contribution in [0.5, 0.6) is 0 Å². The molecule has 1 aromatic carbocycles. The molecule has 0 saturated carbocycles. The molecule has 0 aromatic heterocycles. The van der Waals surface area contributed by atoms with E-state index in [0.29, 0.717) is 5.56 Å². The molecule has 0 amide bonds. The molecular formula is C11H15FN2O2S. The van der Waals surface area contributed by atoms with Gasteiger partial charge in [-0.2, -0.15) is 0 Å². The summed E-state index contributed by atoms with van der Waals surface area (Å²) in [4.78, 5) is 2.20. The summed E-state index contributed by atoms with van der Waals surface area (Å²) < 4.78 is 36.0. The van der Waals surface area contributed by atoms with Crippen LogP contribution in [0.1, 0.15) is 18.4 Å². The smallest absolute Gasteiger partial charge is 0.238 e. The van der Waals surface area contributed by atoms with Crippen molar-refractivity contribution in [1.29, 1.82) is 0 Å². The second kappa shape index (κ2) is 4.36. The number of benzene rings is 1. The number of hydrogen-bond donors (Lipinski definition) is 1. The average molecular weight is 258 g/mol. The van der Waals surface area contributed by atoms with Gasteiger partial charge in [0.1, 0.15) is 5.82 Å². The Morgan fingerprint density at radius 2 is 2.12 bits per heavy atom. The molecule has 0 spiro atoms. The van der Waals surface area contributed by atoms with Gasteiger partial charge < -0.3 is 4.90 Å². The van der Waals surface area contributed by atoms with Gasteiger partial charge in [0.25, 0.3) is 0 Å². The Bertz CT molecular complexity index is 524. The molecule has 4 nitrogen and oxygen atoms in total. The summed E-state index contributed by atoms with van der Waals surface area (Å²) in [5.41, 5.74) is 0.497. The first-order chi connectivity index (χ1) is 7.91. The van der Waals surface area contributed by atoms with Gasteiger partial charge in [-0.05, 0) is 30.3 Å². The highest BCUT2D eigenvalue weighted by molar-refractivity contribution is 7.89. The van der Waals surface area contributed by atoms with E-state index in [1.54, 1.807) is 0 Å². The molecular weight excluding hydrogens is 243 g/mol. The third-order valence-corrected chi connectivity index (χ3v) is 4.11. The van der Waals surface area contributed by atoms with Crippen LogP contribution in [0.25, 0.3) is 0 Å². The predicted octanol–water partition coefficient (Wildman–Crippen LogP) is 0.892. The number of rotatable bonds is 3. The summed E-state index contributed by atoms with van der Waals surface area (Å²) in [5.74, 6) is -0.374. The van der Waals surface area contributed by atoms with E-state index in [-0.39, 0.29) is 10.8 Å². The predicted molar refractivity (Wildman–Crippen MR) is 62.6 cm³/mol. The number of sulfonamides is 1. The molecule has 0 aliphatic carbocycles. The summed E-state index contributed by atoms with van der Waals surface area (Å²) in [6.45, 7) is 4.45. The minimum Gasteiger partial charge on any atom is -0.302 e. The summed E-state index contributed by atoms with van der Waals surface area (Å²) in [7, 11) is -3.78. The van der Waals surface area contributed by atoms with Crippen molar-refractivity contribution in [3.8, 4) is 0 Å². The second-order valence-electron chi connectivity index (χ2n) is 4.28. The zero-order valence-corrected chi connectivity index (χ0v) is 10.4. The first-order valence-electron chi connectivity index (χ1n) is 5.46. The SMILES string of the molecule is CCN1CC(c2cc(F)ccc2S(N)(=O)=O)C1. The molecule has 1 saturated heterocycles. The molecule has 2 rings (SSSR count). The van der Waals surface area contributed by atoms with Crippen LogP contribution in [0.3, 0.4) is 0 Å². The fraction of sp³-hybridized carbons (Fsp3) is 0.455. The van der Waals surface area contributed by atoms with Crippen molar-refractivity contribution in [3.05, 3.63) is 29.6 Å². The third-order valence-electron chi connectivity index (χ3n) is 3.12.